The molecule has 5 heteroatoms. The second-order valence-corrected chi connectivity index (χ2v) is 4.10. The topological polar surface area (TPSA) is 66.6 Å². The predicted molar refractivity (Wildman–Crippen MR) is 57.1 cm³/mol. The third kappa shape index (κ3) is 2.24. The average Bonchev–Trinajstić information content (AvgIpc) is 2.84. The highest BCUT2D eigenvalue weighted by Crippen LogP contribution is 2.31. The van der Waals surface area contributed by atoms with Crippen LogP contribution in [0.3, 0.4) is 0 Å². The van der Waals surface area contributed by atoms with Crippen molar-refractivity contribution >= 4 is 5.97 Å². The van der Waals surface area contributed by atoms with E-state index in [1.54, 1.807) is 0 Å². The smallest absolute Gasteiger partial charge is 0.317 e. The summed E-state index contributed by atoms with van der Waals surface area (Å²) in [6, 6.07) is 2.02. The summed E-state index contributed by atoms with van der Waals surface area (Å²) < 4.78 is 5.27. The third-order valence-corrected chi connectivity index (χ3v) is 2.97. The maximum absolute atomic E-state index is 10.7. The number of nitrogens with zero attached hydrogens (tertiary/aromatic N) is 2. The van der Waals surface area contributed by atoms with Crippen LogP contribution in [0, 0.1) is 0 Å². The minimum absolute atomic E-state index is 0.0762. The van der Waals surface area contributed by atoms with Gasteiger partial charge in [0.25, 0.3) is 0 Å². The molecular weight excluding hydrogens is 208 g/mol. The summed E-state index contributed by atoms with van der Waals surface area (Å²) >= 11 is 0. The van der Waals surface area contributed by atoms with Crippen LogP contribution in [0.4, 0.5) is 0 Å². The van der Waals surface area contributed by atoms with Gasteiger partial charge in [0.05, 0.1) is 18.3 Å². The predicted octanol–water partition coefficient (Wildman–Crippen LogP) is 1.46. The molecule has 1 saturated heterocycles. The van der Waals surface area contributed by atoms with E-state index >= 15 is 0 Å². The molecule has 0 saturated carbocycles. The van der Waals surface area contributed by atoms with Gasteiger partial charge in [-0.05, 0) is 25.8 Å². The fourth-order valence-corrected chi connectivity index (χ4v) is 2.16. The van der Waals surface area contributed by atoms with Crippen LogP contribution in [0.1, 0.15) is 37.3 Å². The summed E-state index contributed by atoms with van der Waals surface area (Å²) in [6.07, 6.45) is 2.81. The van der Waals surface area contributed by atoms with E-state index in [2.05, 4.69) is 5.16 Å². The minimum Gasteiger partial charge on any atom is -0.480 e. The van der Waals surface area contributed by atoms with Crippen LogP contribution in [0.5, 0.6) is 0 Å². The van der Waals surface area contributed by atoms with Crippen LogP contribution in [-0.2, 0) is 11.2 Å². The molecule has 0 unspecified atom stereocenters. The number of hydrogen-bond acceptors (Lipinski definition) is 4. The Morgan fingerprint density at radius 3 is 3.19 bits per heavy atom. The Morgan fingerprint density at radius 2 is 2.56 bits per heavy atom. The monoisotopic (exact) mass is 224 g/mol. The third-order valence-electron chi connectivity index (χ3n) is 2.97. The number of carbonyl (C=O) groups is 1. The SMILES string of the molecule is CCc1cc([C@@H]2CCCN2CC(=O)O)on1. The van der Waals surface area contributed by atoms with Crippen LogP contribution in [0.25, 0.3) is 0 Å². The second-order valence-electron chi connectivity index (χ2n) is 4.10. The van der Waals surface area contributed by atoms with Crippen molar-refractivity contribution in [2.75, 3.05) is 13.1 Å². The average molecular weight is 224 g/mol. The molecule has 1 aromatic heterocycles. The first-order chi connectivity index (χ1) is 7.70. The number of aliphatic carboxylic acids is 1. The summed E-state index contributed by atoms with van der Waals surface area (Å²) in [7, 11) is 0. The van der Waals surface area contributed by atoms with Crippen molar-refractivity contribution < 1.29 is 14.4 Å². The van der Waals surface area contributed by atoms with Crippen molar-refractivity contribution in [2.45, 2.75) is 32.2 Å². The van der Waals surface area contributed by atoms with E-state index in [1.807, 2.05) is 17.9 Å². The zero-order valence-corrected chi connectivity index (χ0v) is 9.35. The first-order valence-corrected chi connectivity index (χ1v) is 5.62. The minimum atomic E-state index is -0.790. The van der Waals surface area contributed by atoms with E-state index in [0.29, 0.717) is 0 Å². The van der Waals surface area contributed by atoms with E-state index in [9.17, 15) is 4.79 Å². The summed E-state index contributed by atoms with van der Waals surface area (Å²) in [4.78, 5) is 12.6. The molecule has 0 aromatic carbocycles. The molecule has 16 heavy (non-hydrogen) atoms. The van der Waals surface area contributed by atoms with E-state index in [4.69, 9.17) is 9.63 Å². The van der Waals surface area contributed by atoms with Gasteiger partial charge in [-0.1, -0.05) is 12.1 Å². The van der Waals surface area contributed by atoms with Crippen LogP contribution < -0.4 is 0 Å². The molecule has 0 radical (unpaired) electrons. The summed E-state index contributed by atoms with van der Waals surface area (Å²) in [5.41, 5.74) is 0.928. The van der Waals surface area contributed by atoms with Gasteiger partial charge in [-0.2, -0.15) is 0 Å². The number of aromatic nitrogens is 1. The van der Waals surface area contributed by atoms with Gasteiger partial charge in [0, 0.05) is 6.07 Å². The van der Waals surface area contributed by atoms with Crippen molar-refractivity contribution in [3.05, 3.63) is 17.5 Å². The molecule has 1 fully saturated rings. The number of hydrogen-bond donors (Lipinski definition) is 1. The second kappa shape index (κ2) is 4.65. The largest absolute Gasteiger partial charge is 0.480 e. The molecule has 5 nitrogen and oxygen atoms in total. The van der Waals surface area contributed by atoms with E-state index in [-0.39, 0.29) is 12.6 Å². The van der Waals surface area contributed by atoms with Crippen LogP contribution >= 0.6 is 0 Å². The van der Waals surface area contributed by atoms with Crippen molar-refractivity contribution in [3.63, 3.8) is 0 Å². The molecule has 1 N–H and O–H groups in total. The van der Waals surface area contributed by atoms with Gasteiger partial charge in [0.2, 0.25) is 0 Å². The molecule has 2 rings (SSSR count). The molecule has 2 heterocycles. The quantitative estimate of drug-likeness (QED) is 0.838. The van der Waals surface area contributed by atoms with Crippen LogP contribution in [0.15, 0.2) is 10.6 Å². The lowest BCUT2D eigenvalue weighted by atomic mass is 10.1. The maximum Gasteiger partial charge on any atom is 0.317 e. The summed E-state index contributed by atoms with van der Waals surface area (Å²) in [6.45, 7) is 2.91. The van der Waals surface area contributed by atoms with Crippen LogP contribution in [-0.4, -0.2) is 34.2 Å². The Balaban J connectivity index is 2.09. The molecule has 0 spiro atoms. The number of rotatable bonds is 4. The molecule has 1 atom stereocenters. The fraction of sp³-hybridized carbons (Fsp3) is 0.636. The first-order valence-electron chi connectivity index (χ1n) is 5.62. The van der Waals surface area contributed by atoms with Gasteiger partial charge in [-0.25, -0.2) is 0 Å². The van der Waals surface area contributed by atoms with Gasteiger partial charge >= 0.3 is 5.97 Å². The van der Waals surface area contributed by atoms with Crippen molar-refractivity contribution in [1.82, 2.24) is 10.1 Å². The lowest BCUT2D eigenvalue weighted by Crippen LogP contribution is -2.29. The van der Waals surface area contributed by atoms with E-state index < -0.39 is 5.97 Å². The highest BCUT2D eigenvalue weighted by atomic mass is 16.5. The Labute approximate surface area is 94.0 Å². The zero-order chi connectivity index (χ0) is 11.5. The molecule has 88 valence electrons. The highest BCUT2D eigenvalue weighted by molar-refractivity contribution is 5.69. The number of carboxylic acid groups (broad SMARTS) is 1. The summed E-state index contributed by atoms with van der Waals surface area (Å²) in [5, 5.41) is 12.7. The Kier molecular flexibility index (Phi) is 3.24. The number of likely N-dealkylation sites (tertiary alicyclic amines) is 1. The standard InChI is InChI=1S/C11H16N2O3/c1-2-8-6-10(16-12-8)9-4-3-5-13(9)7-11(14)15/h6,9H,2-5,7H2,1H3,(H,14,15)/t9-/m0/s1. The lowest BCUT2D eigenvalue weighted by Gasteiger charge is -2.19. The van der Waals surface area contributed by atoms with Gasteiger partial charge < -0.3 is 9.63 Å². The first kappa shape index (κ1) is 11.1. The molecular formula is C11H16N2O3. The molecule has 1 aliphatic heterocycles. The molecule has 1 aromatic rings. The van der Waals surface area contributed by atoms with Crippen LogP contribution in [0.2, 0.25) is 0 Å². The normalized spacial score (nSPS) is 21.4. The van der Waals surface area contributed by atoms with E-state index in [1.165, 1.54) is 0 Å². The molecule has 0 aliphatic carbocycles. The fourth-order valence-electron chi connectivity index (χ4n) is 2.16. The Morgan fingerprint density at radius 1 is 1.75 bits per heavy atom. The number of carboxylic acids is 1. The van der Waals surface area contributed by atoms with Crippen molar-refractivity contribution in [1.29, 1.82) is 0 Å². The van der Waals surface area contributed by atoms with Gasteiger partial charge in [-0.3, -0.25) is 9.69 Å². The number of aryl methyl sites for hydroxylation is 1. The molecule has 0 amide bonds. The van der Waals surface area contributed by atoms with Crippen molar-refractivity contribution in [2.24, 2.45) is 0 Å². The van der Waals surface area contributed by atoms with Gasteiger partial charge in [-0.15, -0.1) is 0 Å². The Hall–Kier alpha value is -1.36. The molecule has 0 bridgehead atoms. The van der Waals surface area contributed by atoms with Gasteiger partial charge in [0.1, 0.15) is 0 Å². The summed E-state index contributed by atoms with van der Waals surface area (Å²) in [5.74, 6) is 0.0118. The van der Waals surface area contributed by atoms with Crippen molar-refractivity contribution in [3.8, 4) is 0 Å². The molecule has 1 aliphatic rings. The van der Waals surface area contributed by atoms with E-state index in [0.717, 1.165) is 37.3 Å². The highest BCUT2D eigenvalue weighted by Gasteiger charge is 2.30. The lowest BCUT2D eigenvalue weighted by molar-refractivity contribution is -0.138. The maximum atomic E-state index is 10.7. The van der Waals surface area contributed by atoms with Gasteiger partial charge in [0.15, 0.2) is 5.76 Å². The Bertz CT molecular complexity index is 375. The zero-order valence-electron chi connectivity index (χ0n) is 9.35.